The third-order valence-corrected chi connectivity index (χ3v) is 3.29. The van der Waals surface area contributed by atoms with Crippen LogP contribution in [0.4, 0.5) is 0 Å². The van der Waals surface area contributed by atoms with Gasteiger partial charge in [0.15, 0.2) is 0 Å². The molecule has 0 amide bonds. The van der Waals surface area contributed by atoms with Crippen LogP contribution in [0.5, 0.6) is 5.75 Å². The van der Waals surface area contributed by atoms with Crippen molar-refractivity contribution in [1.29, 1.82) is 0 Å². The number of methoxy groups -OCH3 is 1. The quantitative estimate of drug-likeness (QED) is 0.894. The van der Waals surface area contributed by atoms with Crippen LogP contribution in [0, 0.1) is 5.92 Å². The highest BCUT2D eigenvalue weighted by molar-refractivity contribution is 5.33. The van der Waals surface area contributed by atoms with Crippen LogP contribution in [0.25, 0.3) is 0 Å². The van der Waals surface area contributed by atoms with Gasteiger partial charge < -0.3 is 14.4 Å². The van der Waals surface area contributed by atoms with Crippen LogP contribution < -0.4 is 4.74 Å². The van der Waals surface area contributed by atoms with Gasteiger partial charge in [-0.05, 0) is 23.6 Å². The van der Waals surface area contributed by atoms with E-state index < -0.39 is 6.10 Å². The molecule has 2 rings (SSSR count). The fourth-order valence-corrected chi connectivity index (χ4v) is 2.15. The van der Waals surface area contributed by atoms with Gasteiger partial charge in [0.2, 0.25) is 0 Å². The SMILES string of the molecule is COc1ccccc1Cn1ccc(C(O)C(C)C)c1. The molecule has 1 heterocycles. The van der Waals surface area contributed by atoms with Crippen molar-refractivity contribution >= 4 is 0 Å². The van der Waals surface area contributed by atoms with Crippen LogP contribution in [0.3, 0.4) is 0 Å². The molecule has 1 atom stereocenters. The number of aliphatic hydroxyl groups excluding tert-OH is 1. The summed E-state index contributed by atoms with van der Waals surface area (Å²) >= 11 is 0. The molecule has 0 radical (unpaired) electrons. The zero-order valence-corrected chi connectivity index (χ0v) is 11.7. The number of para-hydroxylation sites is 1. The topological polar surface area (TPSA) is 34.4 Å². The lowest BCUT2D eigenvalue weighted by Crippen LogP contribution is -2.04. The van der Waals surface area contributed by atoms with Crippen molar-refractivity contribution in [1.82, 2.24) is 4.57 Å². The molecular weight excluding hydrogens is 238 g/mol. The van der Waals surface area contributed by atoms with Gasteiger partial charge in [-0.25, -0.2) is 0 Å². The normalized spacial score (nSPS) is 12.7. The highest BCUT2D eigenvalue weighted by atomic mass is 16.5. The van der Waals surface area contributed by atoms with E-state index in [1.54, 1.807) is 7.11 Å². The molecule has 0 aliphatic rings. The van der Waals surface area contributed by atoms with Crippen molar-refractivity contribution in [3.63, 3.8) is 0 Å². The smallest absolute Gasteiger partial charge is 0.123 e. The van der Waals surface area contributed by atoms with Gasteiger partial charge in [-0.2, -0.15) is 0 Å². The number of benzene rings is 1. The lowest BCUT2D eigenvalue weighted by molar-refractivity contribution is 0.127. The van der Waals surface area contributed by atoms with Crippen LogP contribution in [-0.4, -0.2) is 16.8 Å². The number of hydrogen-bond donors (Lipinski definition) is 1. The first-order valence-corrected chi connectivity index (χ1v) is 6.57. The summed E-state index contributed by atoms with van der Waals surface area (Å²) in [6.07, 6.45) is 3.59. The summed E-state index contributed by atoms with van der Waals surface area (Å²) in [5.41, 5.74) is 2.09. The molecule has 0 spiro atoms. The lowest BCUT2D eigenvalue weighted by atomic mass is 10.0. The van der Waals surface area contributed by atoms with Gasteiger partial charge in [0, 0.05) is 18.0 Å². The molecule has 0 saturated heterocycles. The Morgan fingerprint density at radius 2 is 1.95 bits per heavy atom. The van der Waals surface area contributed by atoms with Gasteiger partial charge in [-0.1, -0.05) is 32.0 Å². The Hall–Kier alpha value is -1.74. The Morgan fingerprint density at radius 3 is 2.63 bits per heavy atom. The van der Waals surface area contributed by atoms with Crippen LogP contribution >= 0.6 is 0 Å². The van der Waals surface area contributed by atoms with E-state index in [0.717, 1.165) is 23.4 Å². The van der Waals surface area contributed by atoms with E-state index in [0.29, 0.717) is 0 Å². The summed E-state index contributed by atoms with van der Waals surface area (Å²) in [6.45, 7) is 4.78. The van der Waals surface area contributed by atoms with Crippen molar-refractivity contribution in [3.05, 3.63) is 53.9 Å². The maximum Gasteiger partial charge on any atom is 0.123 e. The average Bonchev–Trinajstić information content (AvgIpc) is 2.87. The van der Waals surface area contributed by atoms with Gasteiger partial charge in [-0.15, -0.1) is 0 Å². The third-order valence-electron chi connectivity index (χ3n) is 3.29. The minimum absolute atomic E-state index is 0.224. The molecule has 102 valence electrons. The van der Waals surface area contributed by atoms with E-state index in [1.165, 1.54) is 0 Å². The van der Waals surface area contributed by atoms with Crippen LogP contribution in [0.15, 0.2) is 42.7 Å². The van der Waals surface area contributed by atoms with E-state index in [4.69, 9.17) is 4.74 Å². The number of ether oxygens (including phenoxy) is 1. The van der Waals surface area contributed by atoms with Crippen molar-refractivity contribution in [2.24, 2.45) is 5.92 Å². The van der Waals surface area contributed by atoms with Crippen LogP contribution in [-0.2, 0) is 6.54 Å². The molecule has 1 aromatic heterocycles. The Kier molecular flexibility index (Phi) is 4.27. The van der Waals surface area contributed by atoms with E-state index in [-0.39, 0.29) is 5.92 Å². The maximum atomic E-state index is 10.0. The first kappa shape index (κ1) is 13.7. The Bertz CT molecular complexity index is 531. The predicted molar refractivity (Wildman–Crippen MR) is 76.3 cm³/mol. The van der Waals surface area contributed by atoms with Gasteiger partial charge >= 0.3 is 0 Å². The van der Waals surface area contributed by atoms with Crippen molar-refractivity contribution in [2.75, 3.05) is 7.11 Å². The number of aromatic nitrogens is 1. The third kappa shape index (κ3) is 3.18. The molecule has 0 aliphatic carbocycles. The minimum atomic E-state index is -0.404. The second kappa shape index (κ2) is 5.93. The first-order chi connectivity index (χ1) is 9.11. The molecule has 3 nitrogen and oxygen atoms in total. The molecular formula is C16H21NO2. The number of nitrogens with zero attached hydrogens (tertiary/aromatic N) is 1. The Labute approximate surface area is 114 Å². The van der Waals surface area contributed by atoms with E-state index in [9.17, 15) is 5.11 Å². The Morgan fingerprint density at radius 1 is 1.21 bits per heavy atom. The molecule has 0 bridgehead atoms. The molecule has 0 fully saturated rings. The zero-order chi connectivity index (χ0) is 13.8. The summed E-state index contributed by atoms with van der Waals surface area (Å²) < 4.78 is 7.42. The first-order valence-electron chi connectivity index (χ1n) is 6.57. The van der Waals surface area contributed by atoms with Gasteiger partial charge in [0.1, 0.15) is 5.75 Å². The monoisotopic (exact) mass is 259 g/mol. The second-order valence-corrected chi connectivity index (χ2v) is 5.12. The maximum absolute atomic E-state index is 10.0. The highest BCUT2D eigenvalue weighted by Crippen LogP contribution is 2.23. The van der Waals surface area contributed by atoms with E-state index in [2.05, 4.69) is 10.6 Å². The summed E-state index contributed by atoms with van der Waals surface area (Å²) in [7, 11) is 1.68. The zero-order valence-electron chi connectivity index (χ0n) is 11.7. The summed E-state index contributed by atoms with van der Waals surface area (Å²) in [5, 5.41) is 10.0. The van der Waals surface area contributed by atoms with Crippen molar-refractivity contribution < 1.29 is 9.84 Å². The van der Waals surface area contributed by atoms with Crippen molar-refractivity contribution in [2.45, 2.75) is 26.5 Å². The molecule has 19 heavy (non-hydrogen) atoms. The van der Waals surface area contributed by atoms with Crippen LogP contribution in [0.2, 0.25) is 0 Å². The molecule has 1 N–H and O–H groups in total. The molecule has 1 unspecified atom stereocenters. The molecule has 1 aromatic carbocycles. The fraction of sp³-hybridized carbons (Fsp3) is 0.375. The van der Waals surface area contributed by atoms with Gasteiger partial charge in [0.05, 0.1) is 19.8 Å². The number of hydrogen-bond acceptors (Lipinski definition) is 2. The molecule has 0 saturated carbocycles. The number of aliphatic hydroxyl groups is 1. The Balaban J connectivity index is 2.16. The second-order valence-electron chi connectivity index (χ2n) is 5.12. The summed E-state index contributed by atoms with van der Waals surface area (Å²) in [6, 6.07) is 9.96. The van der Waals surface area contributed by atoms with Gasteiger partial charge in [-0.3, -0.25) is 0 Å². The summed E-state index contributed by atoms with van der Waals surface area (Å²) in [5.74, 6) is 1.12. The summed E-state index contributed by atoms with van der Waals surface area (Å²) in [4.78, 5) is 0. The number of rotatable bonds is 5. The van der Waals surface area contributed by atoms with E-state index in [1.807, 2.05) is 50.5 Å². The molecule has 2 aromatic rings. The predicted octanol–water partition coefficient (Wildman–Crippen LogP) is 3.23. The molecule has 0 aliphatic heterocycles. The largest absolute Gasteiger partial charge is 0.496 e. The lowest BCUT2D eigenvalue weighted by Gasteiger charge is -2.12. The minimum Gasteiger partial charge on any atom is -0.496 e. The average molecular weight is 259 g/mol. The van der Waals surface area contributed by atoms with Crippen molar-refractivity contribution in [3.8, 4) is 5.75 Å². The van der Waals surface area contributed by atoms with Gasteiger partial charge in [0.25, 0.3) is 0 Å². The highest BCUT2D eigenvalue weighted by Gasteiger charge is 2.13. The standard InChI is InChI=1S/C16H21NO2/c1-12(2)16(18)14-8-9-17(11-14)10-13-6-4-5-7-15(13)19-3/h4-9,11-12,16,18H,10H2,1-3H3. The molecule has 3 heteroatoms. The van der Waals surface area contributed by atoms with Crippen LogP contribution in [0.1, 0.15) is 31.1 Å². The van der Waals surface area contributed by atoms with E-state index >= 15 is 0 Å². The fourth-order valence-electron chi connectivity index (χ4n) is 2.15.